The van der Waals surface area contributed by atoms with E-state index in [1.165, 1.54) is 36.2 Å². The van der Waals surface area contributed by atoms with Gasteiger partial charge >= 0.3 is 0 Å². The standard InChI is InChI=1S/C20H26N2O2S/c1-15-10-13-25-19(15)20(23)21-14-18(22-11-4-3-5-12-22)16-6-8-17(24-2)9-7-16/h6-10,13,18H,3-5,11-12,14H2,1-2H3,(H,21,23)/t18-/m1/s1. The quantitative estimate of drug-likeness (QED) is 0.848. The molecule has 0 bridgehead atoms. The average molecular weight is 359 g/mol. The number of aryl methyl sites for hydroxylation is 1. The molecule has 1 aliphatic rings. The third-order valence-electron chi connectivity index (χ3n) is 4.86. The molecule has 2 aromatic rings. The van der Waals surface area contributed by atoms with Crippen LogP contribution in [-0.4, -0.2) is 37.6 Å². The van der Waals surface area contributed by atoms with Crippen molar-refractivity contribution in [1.82, 2.24) is 10.2 Å². The first kappa shape index (κ1) is 18.0. The molecule has 1 aromatic carbocycles. The van der Waals surface area contributed by atoms with Crippen LogP contribution in [0, 0.1) is 6.92 Å². The van der Waals surface area contributed by atoms with Gasteiger partial charge in [0.25, 0.3) is 5.91 Å². The summed E-state index contributed by atoms with van der Waals surface area (Å²) in [5.41, 5.74) is 2.27. The highest BCUT2D eigenvalue weighted by molar-refractivity contribution is 7.12. The number of nitrogens with one attached hydrogen (secondary N) is 1. The van der Waals surface area contributed by atoms with Gasteiger partial charge < -0.3 is 10.1 Å². The van der Waals surface area contributed by atoms with Crippen molar-refractivity contribution >= 4 is 17.2 Å². The molecular weight excluding hydrogens is 332 g/mol. The predicted octanol–water partition coefficient (Wildman–Crippen LogP) is 4.02. The minimum Gasteiger partial charge on any atom is -0.497 e. The van der Waals surface area contributed by atoms with E-state index in [1.54, 1.807) is 7.11 Å². The van der Waals surface area contributed by atoms with E-state index in [0.29, 0.717) is 6.54 Å². The SMILES string of the molecule is COc1ccc([C@@H](CNC(=O)c2sccc2C)N2CCCCC2)cc1. The Hall–Kier alpha value is -1.85. The normalized spacial score (nSPS) is 16.4. The van der Waals surface area contributed by atoms with Crippen LogP contribution in [0.4, 0.5) is 0 Å². The molecule has 4 nitrogen and oxygen atoms in total. The summed E-state index contributed by atoms with van der Waals surface area (Å²) in [5.74, 6) is 0.891. The highest BCUT2D eigenvalue weighted by Gasteiger charge is 2.23. The van der Waals surface area contributed by atoms with E-state index in [-0.39, 0.29) is 11.9 Å². The van der Waals surface area contributed by atoms with Gasteiger partial charge in [-0.05, 0) is 67.6 Å². The van der Waals surface area contributed by atoms with Crippen molar-refractivity contribution in [3.63, 3.8) is 0 Å². The maximum atomic E-state index is 12.5. The number of amides is 1. The van der Waals surface area contributed by atoms with Gasteiger partial charge in [-0.25, -0.2) is 0 Å². The molecule has 1 atom stereocenters. The molecule has 25 heavy (non-hydrogen) atoms. The molecular formula is C20H26N2O2S. The molecule has 134 valence electrons. The number of rotatable bonds is 6. The van der Waals surface area contributed by atoms with Crippen LogP contribution < -0.4 is 10.1 Å². The summed E-state index contributed by atoms with van der Waals surface area (Å²) < 4.78 is 5.27. The lowest BCUT2D eigenvalue weighted by Crippen LogP contribution is -2.40. The third-order valence-corrected chi connectivity index (χ3v) is 5.87. The maximum Gasteiger partial charge on any atom is 0.261 e. The predicted molar refractivity (Wildman–Crippen MR) is 103 cm³/mol. The van der Waals surface area contributed by atoms with Crippen LogP contribution in [-0.2, 0) is 0 Å². The first-order valence-electron chi connectivity index (χ1n) is 8.89. The molecule has 1 aromatic heterocycles. The second kappa shape index (κ2) is 8.50. The van der Waals surface area contributed by atoms with Crippen molar-refractivity contribution in [1.29, 1.82) is 0 Å². The second-order valence-electron chi connectivity index (χ2n) is 6.53. The van der Waals surface area contributed by atoms with E-state index in [1.807, 2.05) is 30.5 Å². The van der Waals surface area contributed by atoms with Crippen molar-refractivity contribution in [2.45, 2.75) is 32.2 Å². The lowest BCUT2D eigenvalue weighted by atomic mass is 10.0. The van der Waals surface area contributed by atoms with Crippen LogP contribution in [0.5, 0.6) is 5.75 Å². The van der Waals surface area contributed by atoms with E-state index < -0.39 is 0 Å². The van der Waals surface area contributed by atoms with Gasteiger partial charge in [-0.3, -0.25) is 9.69 Å². The zero-order valence-corrected chi connectivity index (χ0v) is 15.8. The molecule has 0 saturated carbocycles. The Kier molecular flexibility index (Phi) is 6.10. The largest absolute Gasteiger partial charge is 0.497 e. The zero-order valence-electron chi connectivity index (χ0n) is 15.0. The molecule has 1 aliphatic heterocycles. The van der Waals surface area contributed by atoms with Crippen LogP contribution in [0.1, 0.15) is 46.1 Å². The third kappa shape index (κ3) is 4.41. The molecule has 0 spiro atoms. The van der Waals surface area contributed by atoms with Crippen molar-refractivity contribution in [3.8, 4) is 5.75 Å². The number of methoxy groups -OCH3 is 1. The van der Waals surface area contributed by atoms with Gasteiger partial charge in [-0.1, -0.05) is 18.6 Å². The van der Waals surface area contributed by atoms with Crippen LogP contribution in [0.2, 0.25) is 0 Å². The summed E-state index contributed by atoms with van der Waals surface area (Å²) in [5, 5.41) is 5.12. The molecule has 0 radical (unpaired) electrons. The fourth-order valence-corrected chi connectivity index (χ4v) is 4.23. The first-order chi connectivity index (χ1) is 12.2. The highest BCUT2D eigenvalue weighted by atomic mass is 32.1. The summed E-state index contributed by atoms with van der Waals surface area (Å²) in [7, 11) is 1.68. The van der Waals surface area contributed by atoms with Gasteiger partial charge in [0, 0.05) is 6.54 Å². The lowest BCUT2D eigenvalue weighted by Gasteiger charge is -2.35. The number of piperidine rings is 1. The summed E-state index contributed by atoms with van der Waals surface area (Å²) in [6.45, 7) is 4.79. The van der Waals surface area contributed by atoms with Crippen molar-refractivity contribution in [3.05, 3.63) is 51.7 Å². The summed E-state index contributed by atoms with van der Waals surface area (Å²) in [6, 6.07) is 10.4. The Balaban J connectivity index is 1.73. The summed E-state index contributed by atoms with van der Waals surface area (Å²) >= 11 is 1.50. The van der Waals surface area contributed by atoms with Gasteiger partial charge in [-0.2, -0.15) is 0 Å². The van der Waals surface area contributed by atoms with Crippen molar-refractivity contribution in [2.24, 2.45) is 0 Å². The molecule has 1 N–H and O–H groups in total. The minimum absolute atomic E-state index is 0.0306. The van der Waals surface area contributed by atoms with E-state index in [4.69, 9.17) is 4.74 Å². The van der Waals surface area contributed by atoms with Crippen LogP contribution in [0.3, 0.4) is 0 Å². The molecule has 0 aliphatic carbocycles. The van der Waals surface area contributed by atoms with Crippen LogP contribution in [0.15, 0.2) is 35.7 Å². The van der Waals surface area contributed by atoms with E-state index in [0.717, 1.165) is 29.3 Å². The van der Waals surface area contributed by atoms with Crippen LogP contribution in [0.25, 0.3) is 0 Å². The second-order valence-corrected chi connectivity index (χ2v) is 7.44. The lowest BCUT2D eigenvalue weighted by molar-refractivity contribution is 0.0928. The zero-order chi connectivity index (χ0) is 17.6. The number of hydrogen-bond acceptors (Lipinski definition) is 4. The molecule has 1 saturated heterocycles. The monoisotopic (exact) mass is 358 g/mol. The van der Waals surface area contributed by atoms with E-state index in [2.05, 4.69) is 22.3 Å². The van der Waals surface area contributed by atoms with Gasteiger partial charge in [0.05, 0.1) is 18.0 Å². The summed E-state index contributed by atoms with van der Waals surface area (Å²) in [4.78, 5) is 15.8. The molecule has 5 heteroatoms. The van der Waals surface area contributed by atoms with Crippen LogP contribution >= 0.6 is 11.3 Å². The number of carbonyl (C=O) groups is 1. The van der Waals surface area contributed by atoms with Gasteiger partial charge in [-0.15, -0.1) is 11.3 Å². The van der Waals surface area contributed by atoms with E-state index in [9.17, 15) is 4.79 Å². The summed E-state index contributed by atoms with van der Waals surface area (Å²) in [6.07, 6.45) is 3.75. The fourth-order valence-electron chi connectivity index (χ4n) is 3.39. The average Bonchev–Trinajstić information content (AvgIpc) is 3.09. The number of nitrogens with zero attached hydrogens (tertiary/aromatic N) is 1. The molecule has 3 rings (SSSR count). The van der Waals surface area contributed by atoms with Crippen molar-refractivity contribution < 1.29 is 9.53 Å². The van der Waals surface area contributed by atoms with Gasteiger partial charge in [0.15, 0.2) is 0 Å². The Labute approximate surface area is 153 Å². The van der Waals surface area contributed by atoms with Gasteiger partial charge in [0.1, 0.15) is 5.75 Å². The highest BCUT2D eigenvalue weighted by Crippen LogP contribution is 2.26. The Morgan fingerprint density at radius 3 is 2.52 bits per heavy atom. The Bertz CT molecular complexity index is 690. The molecule has 2 heterocycles. The smallest absolute Gasteiger partial charge is 0.261 e. The van der Waals surface area contributed by atoms with Gasteiger partial charge in [0.2, 0.25) is 0 Å². The van der Waals surface area contributed by atoms with E-state index >= 15 is 0 Å². The molecule has 1 fully saturated rings. The molecule has 1 amide bonds. The Morgan fingerprint density at radius 2 is 1.92 bits per heavy atom. The number of ether oxygens (including phenoxy) is 1. The number of carbonyl (C=O) groups excluding carboxylic acids is 1. The maximum absolute atomic E-state index is 12.5. The number of likely N-dealkylation sites (tertiary alicyclic amines) is 1. The fraction of sp³-hybridized carbons (Fsp3) is 0.450. The number of thiophene rings is 1. The number of benzene rings is 1. The number of hydrogen-bond donors (Lipinski definition) is 1. The topological polar surface area (TPSA) is 41.6 Å². The Morgan fingerprint density at radius 1 is 1.20 bits per heavy atom. The van der Waals surface area contributed by atoms with Crippen molar-refractivity contribution in [2.75, 3.05) is 26.7 Å². The molecule has 0 unspecified atom stereocenters. The minimum atomic E-state index is 0.0306. The first-order valence-corrected chi connectivity index (χ1v) is 9.77.